The molecule has 1 atom stereocenters. The average molecular weight is 292 g/mol. The van der Waals surface area contributed by atoms with Crippen LogP contribution in [0.5, 0.6) is 0 Å². The molecule has 0 saturated heterocycles. The van der Waals surface area contributed by atoms with Crippen molar-refractivity contribution in [1.82, 2.24) is 0 Å². The molecular formula is C13H16N4O2S. The molecule has 1 heterocycles. The van der Waals surface area contributed by atoms with Crippen LogP contribution in [0.2, 0.25) is 0 Å². The summed E-state index contributed by atoms with van der Waals surface area (Å²) in [6.07, 6.45) is 0. The molecule has 1 aromatic heterocycles. The van der Waals surface area contributed by atoms with Crippen molar-refractivity contribution in [3.63, 3.8) is 0 Å². The Morgan fingerprint density at radius 1 is 1.45 bits per heavy atom. The number of nitrogens with zero attached hydrogens (tertiary/aromatic N) is 2. The molecule has 106 valence electrons. The molecule has 2 rings (SSSR count). The number of thiophene rings is 1. The zero-order valence-corrected chi connectivity index (χ0v) is 12.1. The quantitative estimate of drug-likeness (QED) is 0.502. The lowest BCUT2D eigenvalue weighted by Gasteiger charge is -2.26. The van der Waals surface area contributed by atoms with E-state index in [1.54, 1.807) is 23.5 Å². The Bertz CT molecular complexity index is 600. The van der Waals surface area contributed by atoms with Crippen molar-refractivity contribution in [2.24, 2.45) is 5.84 Å². The Labute approximate surface area is 120 Å². The molecule has 0 amide bonds. The van der Waals surface area contributed by atoms with Crippen LogP contribution in [0.4, 0.5) is 17.1 Å². The normalized spacial score (nSPS) is 11.9. The SMILES string of the molecule is CC(c1cccs1)N(C)c1cc(NN)cc([N+](=O)[O-])c1. The highest BCUT2D eigenvalue weighted by atomic mass is 32.1. The van der Waals surface area contributed by atoms with Crippen molar-refractivity contribution in [2.75, 3.05) is 17.4 Å². The Morgan fingerprint density at radius 2 is 2.20 bits per heavy atom. The van der Waals surface area contributed by atoms with Crippen LogP contribution in [0, 0.1) is 10.1 Å². The highest BCUT2D eigenvalue weighted by molar-refractivity contribution is 7.10. The predicted molar refractivity (Wildman–Crippen MR) is 82.0 cm³/mol. The number of nitro groups is 1. The van der Waals surface area contributed by atoms with Crippen LogP contribution in [-0.2, 0) is 0 Å². The van der Waals surface area contributed by atoms with Crippen LogP contribution in [0.3, 0.4) is 0 Å². The van der Waals surface area contributed by atoms with E-state index >= 15 is 0 Å². The number of nitrogens with one attached hydrogen (secondary N) is 1. The first-order valence-electron chi connectivity index (χ1n) is 6.05. The molecule has 7 heteroatoms. The van der Waals surface area contributed by atoms with Gasteiger partial charge in [-0.3, -0.25) is 16.0 Å². The number of nitro benzene ring substituents is 1. The summed E-state index contributed by atoms with van der Waals surface area (Å²) >= 11 is 1.66. The second-order valence-corrected chi connectivity index (χ2v) is 5.42. The molecular weight excluding hydrogens is 276 g/mol. The highest BCUT2D eigenvalue weighted by Gasteiger charge is 2.17. The van der Waals surface area contributed by atoms with Crippen LogP contribution in [-0.4, -0.2) is 12.0 Å². The second kappa shape index (κ2) is 5.89. The smallest absolute Gasteiger partial charge is 0.273 e. The standard InChI is InChI=1S/C13H16N4O2S/c1-9(13-4-3-5-20-13)16(2)11-6-10(15-14)7-12(8-11)17(18)19/h3-9,15H,14H2,1-2H3. The van der Waals surface area contributed by atoms with Crippen molar-refractivity contribution >= 4 is 28.4 Å². The Morgan fingerprint density at radius 3 is 2.75 bits per heavy atom. The summed E-state index contributed by atoms with van der Waals surface area (Å²) in [6, 6.07) is 8.91. The molecule has 2 aromatic rings. The number of hydrogen-bond acceptors (Lipinski definition) is 6. The third kappa shape index (κ3) is 2.89. The molecule has 0 aliphatic rings. The summed E-state index contributed by atoms with van der Waals surface area (Å²) in [5, 5.41) is 13.0. The molecule has 3 N–H and O–H groups in total. The monoisotopic (exact) mass is 292 g/mol. The van der Waals surface area contributed by atoms with E-state index in [9.17, 15) is 10.1 Å². The number of hydrazine groups is 1. The zero-order chi connectivity index (χ0) is 14.7. The zero-order valence-electron chi connectivity index (χ0n) is 11.2. The van der Waals surface area contributed by atoms with Gasteiger partial charge in [-0.1, -0.05) is 6.07 Å². The lowest BCUT2D eigenvalue weighted by atomic mass is 10.2. The van der Waals surface area contributed by atoms with E-state index in [1.807, 2.05) is 29.5 Å². The van der Waals surface area contributed by atoms with Gasteiger partial charge in [0.2, 0.25) is 0 Å². The molecule has 20 heavy (non-hydrogen) atoms. The van der Waals surface area contributed by atoms with Gasteiger partial charge < -0.3 is 10.3 Å². The predicted octanol–water partition coefficient (Wildman–Crippen LogP) is 3.14. The number of non-ortho nitro benzene ring substituents is 1. The molecule has 0 aliphatic heterocycles. The van der Waals surface area contributed by atoms with E-state index in [-0.39, 0.29) is 11.7 Å². The van der Waals surface area contributed by atoms with E-state index < -0.39 is 4.92 Å². The van der Waals surface area contributed by atoms with Crippen LogP contribution < -0.4 is 16.2 Å². The lowest BCUT2D eigenvalue weighted by Crippen LogP contribution is -2.21. The van der Waals surface area contributed by atoms with E-state index in [4.69, 9.17) is 5.84 Å². The van der Waals surface area contributed by atoms with E-state index in [2.05, 4.69) is 12.3 Å². The Hall–Kier alpha value is -2.12. The maximum Gasteiger partial charge on any atom is 0.273 e. The molecule has 0 saturated carbocycles. The summed E-state index contributed by atoms with van der Waals surface area (Å²) < 4.78 is 0. The van der Waals surface area contributed by atoms with Gasteiger partial charge in [0.25, 0.3) is 5.69 Å². The number of nitrogens with two attached hydrogens (primary N) is 1. The summed E-state index contributed by atoms with van der Waals surface area (Å²) in [7, 11) is 1.91. The second-order valence-electron chi connectivity index (χ2n) is 4.44. The van der Waals surface area contributed by atoms with Gasteiger partial charge in [0.15, 0.2) is 0 Å². The first-order chi connectivity index (χ1) is 9.52. The fraction of sp³-hybridized carbons (Fsp3) is 0.231. The third-order valence-electron chi connectivity index (χ3n) is 3.22. The van der Waals surface area contributed by atoms with E-state index in [1.165, 1.54) is 10.9 Å². The first-order valence-corrected chi connectivity index (χ1v) is 6.93. The first kappa shape index (κ1) is 14.3. The highest BCUT2D eigenvalue weighted by Crippen LogP contribution is 2.32. The molecule has 0 fully saturated rings. The van der Waals surface area contributed by atoms with Crippen molar-refractivity contribution in [2.45, 2.75) is 13.0 Å². The van der Waals surface area contributed by atoms with Crippen molar-refractivity contribution < 1.29 is 4.92 Å². The fourth-order valence-electron chi connectivity index (χ4n) is 1.93. The largest absolute Gasteiger partial charge is 0.367 e. The van der Waals surface area contributed by atoms with Gasteiger partial charge in [-0.2, -0.15) is 0 Å². The summed E-state index contributed by atoms with van der Waals surface area (Å²) in [4.78, 5) is 13.7. The average Bonchev–Trinajstić information content (AvgIpc) is 2.99. The van der Waals surface area contributed by atoms with Crippen molar-refractivity contribution in [1.29, 1.82) is 0 Å². The van der Waals surface area contributed by atoms with Crippen LogP contribution in [0.15, 0.2) is 35.7 Å². The third-order valence-corrected chi connectivity index (χ3v) is 4.27. The van der Waals surface area contributed by atoms with Gasteiger partial charge in [-0.05, 0) is 24.4 Å². The van der Waals surface area contributed by atoms with Gasteiger partial charge in [-0.15, -0.1) is 11.3 Å². The van der Waals surface area contributed by atoms with Crippen molar-refractivity contribution in [3.8, 4) is 0 Å². The van der Waals surface area contributed by atoms with Gasteiger partial charge in [0, 0.05) is 29.7 Å². The summed E-state index contributed by atoms with van der Waals surface area (Å²) in [5.41, 5.74) is 3.73. The topological polar surface area (TPSA) is 84.4 Å². The number of nitrogen functional groups attached to an aromatic ring is 1. The molecule has 0 spiro atoms. The molecule has 1 aromatic carbocycles. The number of rotatable bonds is 5. The summed E-state index contributed by atoms with van der Waals surface area (Å²) in [6.45, 7) is 2.06. The maximum atomic E-state index is 11.0. The minimum absolute atomic E-state index is 0.0145. The number of benzene rings is 1. The van der Waals surface area contributed by atoms with Crippen LogP contribution >= 0.6 is 11.3 Å². The van der Waals surface area contributed by atoms with Crippen LogP contribution in [0.25, 0.3) is 0 Å². The van der Waals surface area contributed by atoms with E-state index in [0.29, 0.717) is 5.69 Å². The minimum Gasteiger partial charge on any atom is -0.367 e. The van der Waals surface area contributed by atoms with Gasteiger partial charge in [0.05, 0.1) is 16.7 Å². The van der Waals surface area contributed by atoms with Gasteiger partial charge >= 0.3 is 0 Å². The number of hydrogen-bond donors (Lipinski definition) is 2. The van der Waals surface area contributed by atoms with Gasteiger partial charge in [-0.25, -0.2) is 0 Å². The van der Waals surface area contributed by atoms with Gasteiger partial charge in [0.1, 0.15) is 0 Å². The summed E-state index contributed by atoms with van der Waals surface area (Å²) in [5.74, 6) is 5.37. The van der Waals surface area contributed by atoms with Crippen molar-refractivity contribution in [3.05, 3.63) is 50.7 Å². The Balaban J connectivity index is 2.36. The maximum absolute atomic E-state index is 11.0. The molecule has 1 unspecified atom stereocenters. The Kier molecular flexibility index (Phi) is 4.21. The molecule has 6 nitrogen and oxygen atoms in total. The molecule has 0 aliphatic carbocycles. The fourth-order valence-corrected chi connectivity index (χ4v) is 2.76. The minimum atomic E-state index is -0.423. The molecule has 0 bridgehead atoms. The molecule has 0 radical (unpaired) electrons. The van der Waals surface area contributed by atoms with E-state index in [0.717, 1.165) is 5.69 Å². The lowest BCUT2D eigenvalue weighted by molar-refractivity contribution is -0.384. The number of anilines is 2. The van der Waals surface area contributed by atoms with Crippen LogP contribution in [0.1, 0.15) is 17.8 Å².